The maximum absolute atomic E-state index is 13.2. The number of alkyl halides is 3. The maximum atomic E-state index is 13.2. The van der Waals surface area contributed by atoms with Crippen LogP contribution in [0, 0.1) is 13.8 Å². The number of hydrogen-bond donors (Lipinski definition) is 1. The fourth-order valence-electron chi connectivity index (χ4n) is 3.40. The van der Waals surface area contributed by atoms with Gasteiger partial charge in [0.1, 0.15) is 5.82 Å². The Morgan fingerprint density at radius 3 is 2.63 bits per heavy atom. The van der Waals surface area contributed by atoms with Gasteiger partial charge in [0.25, 0.3) is 0 Å². The minimum absolute atomic E-state index is 0.253. The highest BCUT2D eigenvalue weighted by atomic mass is 35.5. The molecule has 4 rings (SSSR count). The molecule has 3 aromatic rings. The van der Waals surface area contributed by atoms with Crippen LogP contribution in [-0.4, -0.2) is 16.3 Å². The molecule has 0 amide bonds. The highest BCUT2D eigenvalue weighted by Crippen LogP contribution is 2.40. The zero-order valence-electron chi connectivity index (χ0n) is 14.8. The summed E-state index contributed by atoms with van der Waals surface area (Å²) in [5, 5.41) is 8.22. The summed E-state index contributed by atoms with van der Waals surface area (Å²) in [6.07, 6.45) is -3.75. The standard InChI is InChI=1S/C20H17ClF3N3/c1-11-3-4-12(2)17(9-11)27-19-14(7-8-25-19)18(26-27)15-10-13(20(22,23)24)5-6-16(15)21/h3-6,9-10,25H,7-8H2,1-2H3. The van der Waals surface area contributed by atoms with Gasteiger partial charge in [0.2, 0.25) is 0 Å². The van der Waals surface area contributed by atoms with Gasteiger partial charge in [0.15, 0.2) is 0 Å². The third kappa shape index (κ3) is 3.08. The first-order valence-electron chi connectivity index (χ1n) is 8.56. The molecule has 140 valence electrons. The van der Waals surface area contributed by atoms with E-state index in [0.717, 1.165) is 40.3 Å². The summed E-state index contributed by atoms with van der Waals surface area (Å²) in [6.45, 7) is 4.68. The summed E-state index contributed by atoms with van der Waals surface area (Å²) in [4.78, 5) is 0. The molecule has 0 saturated carbocycles. The Hall–Kier alpha value is -2.47. The van der Waals surface area contributed by atoms with Gasteiger partial charge in [0.05, 0.1) is 22.0 Å². The van der Waals surface area contributed by atoms with Crippen molar-refractivity contribution in [3.63, 3.8) is 0 Å². The van der Waals surface area contributed by atoms with Crippen molar-refractivity contribution < 1.29 is 13.2 Å². The minimum atomic E-state index is -4.43. The van der Waals surface area contributed by atoms with Gasteiger partial charge < -0.3 is 5.32 Å². The summed E-state index contributed by atoms with van der Waals surface area (Å²) in [6, 6.07) is 9.39. The van der Waals surface area contributed by atoms with Crippen molar-refractivity contribution in [3.8, 4) is 16.9 Å². The van der Waals surface area contributed by atoms with E-state index in [1.807, 2.05) is 32.0 Å². The second-order valence-electron chi connectivity index (χ2n) is 6.75. The number of benzene rings is 2. The zero-order chi connectivity index (χ0) is 19.3. The number of nitrogens with one attached hydrogen (secondary N) is 1. The topological polar surface area (TPSA) is 29.9 Å². The van der Waals surface area contributed by atoms with Gasteiger partial charge >= 0.3 is 6.18 Å². The Kier molecular flexibility index (Phi) is 4.18. The average molecular weight is 392 g/mol. The van der Waals surface area contributed by atoms with E-state index >= 15 is 0 Å². The molecule has 0 aliphatic carbocycles. The smallest absolute Gasteiger partial charge is 0.369 e. The summed E-state index contributed by atoms with van der Waals surface area (Å²) in [5.74, 6) is 0.812. The monoisotopic (exact) mass is 391 g/mol. The van der Waals surface area contributed by atoms with E-state index in [4.69, 9.17) is 11.6 Å². The van der Waals surface area contributed by atoms with E-state index in [1.165, 1.54) is 6.07 Å². The first-order chi connectivity index (χ1) is 12.8. The second-order valence-corrected chi connectivity index (χ2v) is 7.15. The third-order valence-corrected chi connectivity index (χ3v) is 5.12. The van der Waals surface area contributed by atoms with E-state index in [-0.39, 0.29) is 5.02 Å². The lowest BCUT2D eigenvalue weighted by Crippen LogP contribution is -2.07. The van der Waals surface area contributed by atoms with Crippen LogP contribution >= 0.6 is 11.6 Å². The van der Waals surface area contributed by atoms with Crippen molar-refractivity contribution in [3.05, 3.63) is 63.7 Å². The Balaban J connectivity index is 1.93. The SMILES string of the molecule is Cc1ccc(C)c(-n2nc(-c3cc(C(F)(F)F)ccc3Cl)c3c2NCC3)c1. The molecule has 0 bridgehead atoms. The first kappa shape index (κ1) is 17.9. The van der Waals surface area contributed by atoms with E-state index in [0.29, 0.717) is 24.2 Å². The van der Waals surface area contributed by atoms with Gasteiger partial charge in [-0.05, 0) is 55.7 Å². The van der Waals surface area contributed by atoms with Crippen molar-refractivity contribution in [1.29, 1.82) is 0 Å². The molecule has 2 aromatic carbocycles. The number of halogens is 4. The van der Waals surface area contributed by atoms with Crippen LogP contribution < -0.4 is 5.32 Å². The molecule has 1 aliphatic rings. The maximum Gasteiger partial charge on any atom is 0.416 e. The van der Waals surface area contributed by atoms with Crippen LogP contribution in [0.15, 0.2) is 36.4 Å². The molecule has 0 radical (unpaired) electrons. The Labute approximate surface area is 159 Å². The van der Waals surface area contributed by atoms with Crippen LogP contribution in [0.1, 0.15) is 22.3 Å². The lowest BCUT2D eigenvalue weighted by Gasteiger charge is -2.11. The highest BCUT2D eigenvalue weighted by Gasteiger charge is 2.32. The van der Waals surface area contributed by atoms with E-state index in [2.05, 4.69) is 10.4 Å². The Morgan fingerprint density at radius 1 is 1.11 bits per heavy atom. The fourth-order valence-corrected chi connectivity index (χ4v) is 3.60. The van der Waals surface area contributed by atoms with Crippen molar-refractivity contribution in [1.82, 2.24) is 9.78 Å². The quantitative estimate of drug-likeness (QED) is 0.598. The second kappa shape index (κ2) is 6.30. The van der Waals surface area contributed by atoms with Gasteiger partial charge in [-0.1, -0.05) is 23.7 Å². The van der Waals surface area contributed by atoms with Gasteiger partial charge in [-0.3, -0.25) is 0 Å². The first-order valence-corrected chi connectivity index (χ1v) is 8.94. The Bertz CT molecular complexity index is 1040. The molecular formula is C20H17ClF3N3. The third-order valence-electron chi connectivity index (χ3n) is 4.79. The number of fused-ring (bicyclic) bond motifs is 1. The number of aromatic nitrogens is 2. The lowest BCUT2D eigenvalue weighted by atomic mass is 10.0. The molecule has 27 heavy (non-hydrogen) atoms. The molecule has 2 heterocycles. The van der Waals surface area contributed by atoms with E-state index in [1.54, 1.807) is 4.68 Å². The van der Waals surface area contributed by atoms with Crippen molar-refractivity contribution in [2.45, 2.75) is 26.4 Å². The van der Waals surface area contributed by atoms with Gasteiger partial charge in [0, 0.05) is 17.7 Å². The predicted octanol–water partition coefficient (Wildman–Crippen LogP) is 5.80. The number of nitrogens with zero attached hydrogens (tertiary/aromatic N) is 2. The van der Waals surface area contributed by atoms with E-state index in [9.17, 15) is 13.2 Å². The normalized spacial score (nSPS) is 13.6. The van der Waals surface area contributed by atoms with Crippen LogP contribution in [0.25, 0.3) is 16.9 Å². The molecule has 0 unspecified atom stereocenters. The molecule has 1 aromatic heterocycles. The van der Waals surface area contributed by atoms with Gasteiger partial charge in [-0.15, -0.1) is 0 Å². The molecule has 0 saturated heterocycles. The van der Waals surface area contributed by atoms with Crippen molar-refractivity contribution >= 4 is 17.4 Å². The molecule has 3 nitrogen and oxygen atoms in total. The molecule has 0 spiro atoms. The fraction of sp³-hybridized carbons (Fsp3) is 0.250. The van der Waals surface area contributed by atoms with Crippen molar-refractivity contribution in [2.24, 2.45) is 0 Å². The lowest BCUT2D eigenvalue weighted by molar-refractivity contribution is -0.137. The minimum Gasteiger partial charge on any atom is -0.369 e. The predicted molar refractivity (Wildman–Crippen MR) is 101 cm³/mol. The molecule has 0 atom stereocenters. The molecule has 7 heteroatoms. The molecule has 0 fully saturated rings. The van der Waals surface area contributed by atoms with Crippen LogP contribution in [-0.2, 0) is 12.6 Å². The van der Waals surface area contributed by atoms with E-state index < -0.39 is 11.7 Å². The summed E-state index contributed by atoms with van der Waals surface area (Å²) in [5.41, 5.74) is 3.95. The van der Waals surface area contributed by atoms with Gasteiger partial charge in [-0.2, -0.15) is 18.3 Å². The number of aryl methyl sites for hydroxylation is 2. The van der Waals surface area contributed by atoms with Crippen molar-refractivity contribution in [2.75, 3.05) is 11.9 Å². The molecular weight excluding hydrogens is 375 g/mol. The molecule has 1 N–H and O–H groups in total. The Morgan fingerprint density at radius 2 is 1.89 bits per heavy atom. The average Bonchev–Trinajstić information content (AvgIpc) is 3.19. The number of anilines is 1. The zero-order valence-corrected chi connectivity index (χ0v) is 15.5. The van der Waals surface area contributed by atoms with Crippen LogP contribution in [0.4, 0.5) is 19.0 Å². The van der Waals surface area contributed by atoms with Crippen LogP contribution in [0.2, 0.25) is 5.02 Å². The molecule has 1 aliphatic heterocycles. The largest absolute Gasteiger partial charge is 0.416 e. The number of rotatable bonds is 2. The van der Waals surface area contributed by atoms with Crippen LogP contribution in [0.3, 0.4) is 0 Å². The summed E-state index contributed by atoms with van der Waals surface area (Å²) in [7, 11) is 0. The summed E-state index contributed by atoms with van der Waals surface area (Å²) < 4.78 is 41.3. The van der Waals surface area contributed by atoms with Gasteiger partial charge in [-0.25, -0.2) is 4.68 Å². The number of hydrogen-bond acceptors (Lipinski definition) is 2. The highest BCUT2D eigenvalue weighted by molar-refractivity contribution is 6.33. The summed E-state index contributed by atoms with van der Waals surface area (Å²) >= 11 is 6.26. The van der Waals surface area contributed by atoms with Crippen LogP contribution in [0.5, 0.6) is 0 Å².